The zero-order valence-corrected chi connectivity index (χ0v) is 8.70. The van der Waals surface area contributed by atoms with Gasteiger partial charge >= 0.3 is 0 Å². The SMILES string of the molecule is CCSCC1=NC(C)=CS1(=O)=O. The molecule has 0 atom stereocenters. The van der Waals surface area contributed by atoms with Crippen LogP contribution in [0.3, 0.4) is 0 Å². The van der Waals surface area contributed by atoms with Crippen molar-refractivity contribution in [3.8, 4) is 0 Å². The third kappa shape index (κ3) is 2.10. The first-order chi connectivity index (χ1) is 5.56. The third-order valence-corrected chi connectivity index (χ3v) is 4.00. The molecular weight excluding hydrogens is 194 g/mol. The molecule has 5 heteroatoms. The van der Waals surface area contributed by atoms with Crippen molar-refractivity contribution in [3.63, 3.8) is 0 Å². The number of hydrogen-bond acceptors (Lipinski definition) is 4. The maximum atomic E-state index is 11.3. The summed E-state index contributed by atoms with van der Waals surface area (Å²) in [4.78, 5) is 3.95. The highest BCUT2D eigenvalue weighted by Crippen LogP contribution is 2.16. The molecule has 0 fully saturated rings. The van der Waals surface area contributed by atoms with Crippen LogP contribution in [0.1, 0.15) is 13.8 Å². The Kier molecular flexibility index (Phi) is 2.95. The topological polar surface area (TPSA) is 46.5 Å². The molecule has 0 radical (unpaired) electrons. The van der Waals surface area contributed by atoms with Gasteiger partial charge in [-0.2, -0.15) is 11.8 Å². The molecule has 1 aliphatic heterocycles. The van der Waals surface area contributed by atoms with E-state index in [2.05, 4.69) is 4.99 Å². The number of hydrogen-bond donors (Lipinski definition) is 0. The van der Waals surface area contributed by atoms with E-state index in [4.69, 9.17) is 0 Å². The molecule has 68 valence electrons. The molecule has 0 aliphatic carbocycles. The predicted octanol–water partition coefficient (Wildman–Crippen LogP) is 1.43. The lowest BCUT2D eigenvalue weighted by atomic mass is 10.6. The summed E-state index contributed by atoms with van der Waals surface area (Å²) < 4.78 is 22.5. The second kappa shape index (κ2) is 3.62. The maximum Gasteiger partial charge on any atom is 0.215 e. The van der Waals surface area contributed by atoms with Crippen LogP contribution in [0.2, 0.25) is 0 Å². The number of thioether (sulfide) groups is 1. The molecule has 1 heterocycles. The number of sulfone groups is 1. The first-order valence-corrected chi connectivity index (χ1v) is 6.35. The summed E-state index contributed by atoms with van der Waals surface area (Å²) in [5, 5.41) is 1.52. The largest absolute Gasteiger partial charge is 0.244 e. The van der Waals surface area contributed by atoms with Gasteiger partial charge in [-0.1, -0.05) is 6.92 Å². The van der Waals surface area contributed by atoms with Crippen molar-refractivity contribution >= 4 is 26.6 Å². The van der Waals surface area contributed by atoms with Gasteiger partial charge < -0.3 is 0 Å². The molecule has 3 nitrogen and oxygen atoms in total. The van der Waals surface area contributed by atoms with E-state index < -0.39 is 9.84 Å². The van der Waals surface area contributed by atoms with Crippen LogP contribution in [-0.2, 0) is 9.84 Å². The third-order valence-electron chi connectivity index (χ3n) is 1.38. The Morgan fingerprint density at radius 2 is 2.25 bits per heavy atom. The standard InChI is InChI=1S/C7H11NO2S2/c1-3-11-4-7-8-6(2)5-12(7,9)10/h5H,3-4H2,1-2H3. The summed E-state index contributed by atoms with van der Waals surface area (Å²) in [6, 6.07) is 0. The van der Waals surface area contributed by atoms with Gasteiger partial charge in [0.15, 0.2) is 0 Å². The van der Waals surface area contributed by atoms with Crippen LogP contribution >= 0.6 is 11.8 Å². The van der Waals surface area contributed by atoms with Crippen molar-refractivity contribution in [1.82, 2.24) is 0 Å². The Bertz CT molecular complexity index is 327. The van der Waals surface area contributed by atoms with Gasteiger partial charge in [0.2, 0.25) is 9.84 Å². The van der Waals surface area contributed by atoms with Gasteiger partial charge in [0, 0.05) is 5.75 Å². The average Bonchev–Trinajstić information content (AvgIpc) is 2.20. The Labute approximate surface area is 76.9 Å². The second-order valence-electron chi connectivity index (χ2n) is 2.45. The lowest BCUT2D eigenvalue weighted by Gasteiger charge is -1.96. The summed E-state index contributed by atoms with van der Waals surface area (Å²) in [5.74, 6) is 1.40. The van der Waals surface area contributed by atoms with Crippen LogP contribution in [-0.4, -0.2) is 25.0 Å². The molecular formula is C7H11NO2S2. The van der Waals surface area contributed by atoms with Crippen LogP contribution in [0.4, 0.5) is 0 Å². The van der Waals surface area contributed by atoms with Gasteiger partial charge in [0.05, 0.1) is 11.1 Å². The smallest absolute Gasteiger partial charge is 0.215 e. The Morgan fingerprint density at radius 1 is 1.58 bits per heavy atom. The van der Waals surface area contributed by atoms with Crippen molar-refractivity contribution in [1.29, 1.82) is 0 Å². The van der Waals surface area contributed by atoms with E-state index in [0.29, 0.717) is 16.5 Å². The van der Waals surface area contributed by atoms with Crippen LogP contribution < -0.4 is 0 Å². The highest BCUT2D eigenvalue weighted by Gasteiger charge is 2.22. The van der Waals surface area contributed by atoms with Gasteiger partial charge in [-0.25, -0.2) is 13.4 Å². The van der Waals surface area contributed by atoms with E-state index in [1.54, 1.807) is 18.7 Å². The fourth-order valence-electron chi connectivity index (χ4n) is 0.883. The molecule has 0 aromatic heterocycles. The molecule has 0 aromatic rings. The van der Waals surface area contributed by atoms with Crippen LogP contribution in [0.5, 0.6) is 0 Å². The zero-order valence-electron chi connectivity index (χ0n) is 7.07. The first kappa shape index (κ1) is 9.80. The lowest BCUT2D eigenvalue weighted by Crippen LogP contribution is -2.11. The van der Waals surface area contributed by atoms with Crippen molar-refractivity contribution < 1.29 is 8.42 Å². The minimum Gasteiger partial charge on any atom is -0.244 e. The van der Waals surface area contributed by atoms with Crippen LogP contribution in [0.15, 0.2) is 16.1 Å². The molecule has 0 amide bonds. The normalized spacial score (nSPS) is 20.5. The summed E-state index contributed by atoms with van der Waals surface area (Å²) in [6.07, 6.45) is 0. The van der Waals surface area contributed by atoms with E-state index in [0.717, 1.165) is 5.75 Å². The number of allylic oxidation sites excluding steroid dienone is 1. The molecule has 0 aromatic carbocycles. The van der Waals surface area contributed by atoms with Crippen molar-refractivity contribution in [3.05, 3.63) is 11.1 Å². The van der Waals surface area contributed by atoms with E-state index in [1.807, 2.05) is 6.92 Å². The number of rotatable bonds is 3. The fraction of sp³-hybridized carbons (Fsp3) is 0.571. The first-order valence-electron chi connectivity index (χ1n) is 3.65. The van der Waals surface area contributed by atoms with Gasteiger partial charge in [-0.3, -0.25) is 0 Å². The zero-order chi connectivity index (χ0) is 9.19. The summed E-state index contributed by atoms with van der Waals surface area (Å²) >= 11 is 1.57. The number of aliphatic imine (C=N–C) groups is 1. The minimum absolute atomic E-state index is 0.298. The molecule has 12 heavy (non-hydrogen) atoms. The van der Waals surface area contributed by atoms with E-state index in [9.17, 15) is 8.42 Å². The predicted molar refractivity (Wildman–Crippen MR) is 53.1 cm³/mol. The molecule has 1 aliphatic rings. The van der Waals surface area contributed by atoms with Gasteiger partial charge in [-0.05, 0) is 12.7 Å². The fourth-order valence-corrected chi connectivity index (χ4v) is 3.14. The molecule has 0 N–H and O–H groups in total. The minimum atomic E-state index is -3.14. The highest BCUT2D eigenvalue weighted by atomic mass is 32.2. The molecule has 0 unspecified atom stereocenters. The monoisotopic (exact) mass is 205 g/mol. The second-order valence-corrected chi connectivity index (χ2v) is 5.52. The molecule has 0 bridgehead atoms. The van der Waals surface area contributed by atoms with Crippen molar-refractivity contribution in [2.45, 2.75) is 13.8 Å². The quantitative estimate of drug-likeness (QED) is 0.700. The molecule has 0 saturated heterocycles. The highest BCUT2D eigenvalue weighted by molar-refractivity contribution is 8.12. The Balaban J connectivity index is 2.76. The van der Waals surface area contributed by atoms with E-state index in [-0.39, 0.29) is 0 Å². The number of nitrogens with zero attached hydrogens (tertiary/aromatic N) is 1. The van der Waals surface area contributed by atoms with Crippen molar-refractivity contribution in [2.24, 2.45) is 4.99 Å². The van der Waals surface area contributed by atoms with E-state index >= 15 is 0 Å². The average molecular weight is 205 g/mol. The molecule has 0 saturated carbocycles. The molecule has 1 rings (SSSR count). The maximum absolute atomic E-state index is 11.3. The summed E-state index contributed by atoms with van der Waals surface area (Å²) in [7, 11) is -3.14. The van der Waals surface area contributed by atoms with Crippen LogP contribution in [0, 0.1) is 0 Å². The lowest BCUT2D eigenvalue weighted by molar-refractivity contribution is 0.615. The van der Waals surface area contributed by atoms with Crippen LogP contribution in [0.25, 0.3) is 0 Å². The van der Waals surface area contributed by atoms with Crippen molar-refractivity contribution in [2.75, 3.05) is 11.5 Å². The van der Waals surface area contributed by atoms with Gasteiger partial charge in [-0.15, -0.1) is 0 Å². The van der Waals surface area contributed by atoms with Gasteiger partial charge in [0.25, 0.3) is 0 Å². The Morgan fingerprint density at radius 3 is 2.67 bits per heavy atom. The van der Waals surface area contributed by atoms with Gasteiger partial charge in [0.1, 0.15) is 5.04 Å². The summed E-state index contributed by atoms with van der Waals surface area (Å²) in [6.45, 7) is 3.69. The Hall–Kier alpha value is -0.290. The molecule has 0 spiro atoms. The summed E-state index contributed by atoms with van der Waals surface area (Å²) in [5.41, 5.74) is 0.585. The van der Waals surface area contributed by atoms with E-state index in [1.165, 1.54) is 5.41 Å².